The van der Waals surface area contributed by atoms with Crippen molar-refractivity contribution in [1.29, 1.82) is 0 Å². The molecule has 17 heavy (non-hydrogen) atoms. The van der Waals surface area contributed by atoms with Crippen molar-refractivity contribution in [3.63, 3.8) is 0 Å². The Balaban J connectivity index is 2.49. The maximum absolute atomic E-state index is 13.1. The number of halogens is 2. The molecule has 0 aliphatic carbocycles. The van der Waals surface area contributed by atoms with Gasteiger partial charge in [-0.15, -0.1) is 0 Å². The van der Waals surface area contributed by atoms with Gasteiger partial charge in [0.25, 0.3) is 0 Å². The van der Waals surface area contributed by atoms with Gasteiger partial charge in [0.1, 0.15) is 5.82 Å². The Kier molecular flexibility index (Phi) is 6.70. The van der Waals surface area contributed by atoms with E-state index in [0.29, 0.717) is 17.1 Å². The van der Waals surface area contributed by atoms with Crippen molar-refractivity contribution in [3.8, 4) is 0 Å². The van der Waals surface area contributed by atoms with Crippen LogP contribution in [0.4, 0.5) is 4.39 Å². The van der Waals surface area contributed by atoms with Gasteiger partial charge in [-0.25, -0.2) is 4.39 Å². The summed E-state index contributed by atoms with van der Waals surface area (Å²) >= 11 is 3.20. The third-order valence-corrected chi connectivity index (χ3v) is 3.23. The first kappa shape index (κ1) is 14.6. The summed E-state index contributed by atoms with van der Waals surface area (Å²) in [5.74, 6) is -0.214. The highest BCUT2D eigenvalue weighted by molar-refractivity contribution is 9.10. The number of ether oxygens (including phenoxy) is 1. The molecule has 0 amide bonds. The van der Waals surface area contributed by atoms with Gasteiger partial charge in [0.05, 0.1) is 11.1 Å². The Morgan fingerprint density at radius 2 is 2.24 bits per heavy atom. The molecule has 0 bridgehead atoms. The van der Waals surface area contributed by atoms with Crippen LogP contribution in [0.1, 0.15) is 18.9 Å². The van der Waals surface area contributed by atoms with Crippen LogP contribution in [-0.2, 0) is 11.2 Å². The molecule has 1 unspecified atom stereocenters. The molecule has 0 radical (unpaired) electrons. The van der Waals surface area contributed by atoms with Gasteiger partial charge in [0.2, 0.25) is 0 Å². The Labute approximate surface area is 111 Å². The zero-order valence-corrected chi connectivity index (χ0v) is 11.9. The molecule has 0 fully saturated rings. The van der Waals surface area contributed by atoms with Crippen LogP contribution in [-0.4, -0.2) is 26.3 Å². The third kappa shape index (κ3) is 5.15. The minimum absolute atomic E-state index is 0.214. The average Bonchev–Trinajstić information content (AvgIpc) is 2.31. The number of benzene rings is 1. The van der Waals surface area contributed by atoms with E-state index >= 15 is 0 Å². The first-order valence-corrected chi connectivity index (χ1v) is 6.63. The Morgan fingerprint density at radius 1 is 1.47 bits per heavy atom. The smallest absolute Gasteiger partial charge is 0.137 e. The summed E-state index contributed by atoms with van der Waals surface area (Å²) in [4.78, 5) is 0. The predicted molar refractivity (Wildman–Crippen MR) is 71.8 cm³/mol. The highest BCUT2D eigenvalue weighted by Crippen LogP contribution is 2.18. The number of aryl methyl sites for hydroxylation is 1. The van der Waals surface area contributed by atoms with Crippen LogP contribution in [0.15, 0.2) is 22.7 Å². The Morgan fingerprint density at radius 3 is 2.82 bits per heavy atom. The van der Waals surface area contributed by atoms with E-state index < -0.39 is 0 Å². The first-order valence-electron chi connectivity index (χ1n) is 5.83. The summed E-state index contributed by atoms with van der Waals surface area (Å²) in [6.07, 6.45) is 1.90. The number of methoxy groups -OCH3 is 1. The van der Waals surface area contributed by atoms with Gasteiger partial charge in [0.15, 0.2) is 0 Å². The molecule has 1 rings (SSSR count). The van der Waals surface area contributed by atoms with E-state index in [9.17, 15) is 4.39 Å². The fourth-order valence-electron chi connectivity index (χ4n) is 1.77. The van der Waals surface area contributed by atoms with E-state index in [1.54, 1.807) is 7.11 Å². The first-order chi connectivity index (χ1) is 8.17. The minimum Gasteiger partial charge on any atom is -0.383 e. The van der Waals surface area contributed by atoms with Gasteiger partial charge in [0, 0.05) is 13.2 Å². The molecule has 0 saturated heterocycles. The van der Waals surface area contributed by atoms with Crippen molar-refractivity contribution in [1.82, 2.24) is 5.32 Å². The number of rotatable bonds is 7. The van der Waals surface area contributed by atoms with Crippen LogP contribution in [0.5, 0.6) is 0 Å². The van der Waals surface area contributed by atoms with Gasteiger partial charge in [-0.3, -0.25) is 0 Å². The zero-order valence-electron chi connectivity index (χ0n) is 10.3. The van der Waals surface area contributed by atoms with E-state index in [0.717, 1.165) is 24.9 Å². The molecule has 1 N–H and O–H groups in total. The molecular formula is C13H19BrFNO. The van der Waals surface area contributed by atoms with Gasteiger partial charge in [-0.1, -0.05) is 13.0 Å². The van der Waals surface area contributed by atoms with Gasteiger partial charge in [-0.05, 0) is 53.0 Å². The Bertz CT molecular complexity index is 340. The normalized spacial score (nSPS) is 12.7. The van der Waals surface area contributed by atoms with E-state index in [1.807, 2.05) is 12.1 Å². The molecule has 1 aromatic carbocycles. The molecule has 2 nitrogen and oxygen atoms in total. The van der Waals surface area contributed by atoms with Crippen molar-refractivity contribution in [2.24, 2.45) is 0 Å². The molecule has 0 saturated carbocycles. The molecule has 96 valence electrons. The molecule has 0 aliphatic heterocycles. The molecule has 0 heterocycles. The molecule has 1 atom stereocenters. The van der Waals surface area contributed by atoms with Crippen LogP contribution in [0.2, 0.25) is 0 Å². The van der Waals surface area contributed by atoms with Crippen molar-refractivity contribution in [3.05, 3.63) is 34.1 Å². The number of hydrogen-bond acceptors (Lipinski definition) is 2. The van der Waals surface area contributed by atoms with E-state index in [-0.39, 0.29) is 5.82 Å². The lowest BCUT2D eigenvalue weighted by atomic mass is 10.1. The summed E-state index contributed by atoms with van der Waals surface area (Å²) in [6.45, 7) is 3.72. The van der Waals surface area contributed by atoms with Gasteiger partial charge >= 0.3 is 0 Å². The van der Waals surface area contributed by atoms with Gasteiger partial charge in [-0.2, -0.15) is 0 Å². The maximum Gasteiger partial charge on any atom is 0.137 e. The zero-order chi connectivity index (χ0) is 12.7. The quantitative estimate of drug-likeness (QED) is 0.835. The van der Waals surface area contributed by atoms with E-state index in [2.05, 4.69) is 28.2 Å². The number of nitrogens with one attached hydrogen (secondary N) is 1. The van der Waals surface area contributed by atoms with Gasteiger partial charge < -0.3 is 10.1 Å². The average molecular weight is 304 g/mol. The lowest BCUT2D eigenvalue weighted by Crippen LogP contribution is -2.33. The second-order valence-corrected chi connectivity index (χ2v) is 4.85. The fraction of sp³-hybridized carbons (Fsp3) is 0.538. The van der Waals surface area contributed by atoms with Crippen molar-refractivity contribution in [2.75, 3.05) is 20.3 Å². The summed E-state index contributed by atoms with van der Waals surface area (Å²) in [5.41, 5.74) is 1.14. The van der Waals surface area contributed by atoms with Crippen LogP contribution in [0.3, 0.4) is 0 Å². The van der Waals surface area contributed by atoms with E-state index in [4.69, 9.17) is 4.74 Å². The summed E-state index contributed by atoms with van der Waals surface area (Å²) in [7, 11) is 1.71. The molecule has 1 aromatic rings. The monoisotopic (exact) mass is 303 g/mol. The predicted octanol–water partition coefficient (Wildman–Crippen LogP) is 3.15. The fourth-order valence-corrected chi connectivity index (χ4v) is 2.20. The molecule has 0 aliphatic rings. The summed E-state index contributed by atoms with van der Waals surface area (Å²) in [5, 5.41) is 3.37. The topological polar surface area (TPSA) is 21.3 Å². The number of hydrogen-bond donors (Lipinski definition) is 1. The van der Waals surface area contributed by atoms with Crippen LogP contribution in [0.25, 0.3) is 0 Å². The van der Waals surface area contributed by atoms with Crippen LogP contribution < -0.4 is 5.32 Å². The SMILES string of the molecule is CCNC(CCc1ccc(F)c(Br)c1)COC. The summed E-state index contributed by atoms with van der Waals surface area (Å²) in [6, 6.07) is 5.52. The summed E-state index contributed by atoms with van der Waals surface area (Å²) < 4.78 is 18.7. The lowest BCUT2D eigenvalue weighted by molar-refractivity contribution is 0.163. The minimum atomic E-state index is -0.214. The van der Waals surface area contributed by atoms with E-state index in [1.165, 1.54) is 6.07 Å². The highest BCUT2D eigenvalue weighted by atomic mass is 79.9. The lowest BCUT2D eigenvalue weighted by Gasteiger charge is -2.16. The van der Waals surface area contributed by atoms with Crippen molar-refractivity contribution < 1.29 is 9.13 Å². The third-order valence-electron chi connectivity index (χ3n) is 2.63. The van der Waals surface area contributed by atoms with Crippen molar-refractivity contribution in [2.45, 2.75) is 25.8 Å². The Hall–Kier alpha value is -0.450. The number of likely N-dealkylation sites (N-methyl/N-ethyl adjacent to an activating group) is 1. The second-order valence-electron chi connectivity index (χ2n) is 4.00. The molecule has 0 spiro atoms. The van der Waals surface area contributed by atoms with Crippen LogP contribution >= 0.6 is 15.9 Å². The molecule has 4 heteroatoms. The second kappa shape index (κ2) is 7.80. The largest absolute Gasteiger partial charge is 0.383 e. The highest BCUT2D eigenvalue weighted by Gasteiger charge is 2.07. The molecular weight excluding hydrogens is 285 g/mol. The molecule has 0 aromatic heterocycles. The standard InChI is InChI=1S/C13H19BrFNO/c1-3-16-11(9-17-2)6-4-10-5-7-13(15)12(14)8-10/h5,7-8,11,16H,3-4,6,9H2,1-2H3. The van der Waals surface area contributed by atoms with Crippen LogP contribution in [0, 0.1) is 5.82 Å². The maximum atomic E-state index is 13.1. The van der Waals surface area contributed by atoms with Crippen molar-refractivity contribution >= 4 is 15.9 Å².